The molecule has 114 valence electrons. The van der Waals surface area contributed by atoms with Gasteiger partial charge in [-0.25, -0.2) is 18.1 Å². The predicted molar refractivity (Wildman–Crippen MR) is 74.8 cm³/mol. The van der Waals surface area contributed by atoms with Crippen LogP contribution in [0.5, 0.6) is 5.75 Å². The number of benzene rings is 1. The lowest BCUT2D eigenvalue weighted by atomic mass is 10.2. The third-order valence-electron chi connectivity index (χ3n) is 3.03. The number of rotatable bonds is 4. The van der Waals surface area contributed by atoms with Crippen molar-refractivity contribution in [3.8, 4) is 5.75 Å². The smallest absolute Gasteiger partial charge is 0.418 e. The van der Waals surface area contributed by atoms with Gasteiger partial charge in [-0.2, -0.15) is 0 Å². The van der Waals surface area contributed by atoms with E-state index in [4.69, 9.17) is 9.47 Å². The topological polar surface area (TPSA) is 40.5 Å². The van der Waals surface area contributed by atoms with E-state index in [9.17, 15) is 13.6 Å². The number of carbonyl (C=O) groups excluding carboxylic acids is 1. The number of fused-ring (bicyclic) bond motifs is 1. The fourth-order valence-corrected chi connectivity index (χ4v) is 2.17. The molecule has 1 aromatic heterocycles. The molecular weight excluding hydrogens is 280 g/mol. The second-order valence-electron chi connectivity index (χ2n) is 4.60. The Morgan fingerprint density at radius 3 is 2.62 bits per heavy atom. The maximum absolute atomic E-state index is 14.3. The summed E-state index contributed by atoms with van der Waals surface area (Å²) in [5, 5.41) is 0.00407. The van der Waals surface area contributed by atoms with Gasteiger partial charge in [0.05, 0.1) is 18.7 Å². The zero-order valence-electron chi connectivity index (χ0n) is 12.2. The first-order valence-electron chi connectivity index (χ1n) is 6.81. The Bertz CT molecular complexity index is 679. The standard InChI is InChI=1S/C15H17F2NO3/c1-4-6-21-15(19)18-9(3)7-10-13(17)12(20-5-2)8-11(16)14(10)18/h7-8H,4-6H2,1-3H3. The van der Waals surface area contributed by atoms with E-state index in [2.05, 4.69) is 0 Å². The van der Waals surface area contributed by atoms with E-state index in [1.54, 1.807) is 13.8 Å². The summed E-state index contributed by atoms with van der Waals surface area (Å²) in [5.74, 6) is -1.57. The maximum atomic E-state index is 14.3. The Balaban J connectivity index is 2.61. The lowest BCUT2D eigenvalue weighted by Gasteiger charge is -2.10. The van der Waals surface area contributed by atoms with Crippen molar-refractivity contribution in [3.05, 3.63) is 29.5 Å². The summed E-state index contributed by atoms with van der Waals surface area (Å²) >= 11 is 0. The van der Waals surface area contributed by atoms with Gasteiger partial charge in [0.15, 0.2) is 17.4 Å². The van der Waals surface area contributed by atoms with Crippen LogP contribution in [0.1, 0.15) is 26.0 Å². The van der Waals surface area contributed by atoms with Crippen LogP contribution in [0.25, 0.3) is 10.9 Å². The van der Waals surface area contributed by atoms with Crippen molar-refractivity contribution in [3.63, 3.8) is 0 Å². The zero-order chi connectivity index (χ0) is 15.6. The van der Waals surface area contributed by atoms with Gasteiger partial charge in [0.25, 0.3) is 0 Å². The normalized spacial score (nSPS) is 10.9. The highest BCUT2D eigenvalue weighted by molar-refractivity contribution is 5.92. The van der Waals surface area contributed by atoms with Crippen LogP contribution in [0.3, 0.4) is 0 Å². The molecular formula is C15H17F2NO3. The van der Waals surface area contributed by atoms with Gasteiger partial charge in [-0.05, 0) is 26.3 Å². The van der Waals surface area contributed by atoms with E-state index >= 15 is 0 Å². The largest absolute Gasteiger partial charge is 0.491 e. The van der Waals surface area contributed by atoms with Crippen molar-refractivity contribution >= 4 is 17.0 Å². The number of nitrogens with zero attached hydrogens (tertiary/aromatic N) is 1. The Hall–Kier alpha value is -2.11. The zero-order valence-corrected chi connectivity index (χ0v) is 12.2. The van der Waals surface area contributed by atoms with Crippen LogP contribution >= 0.6 is 0 Å². The molecule has 0 amide bonds. The second-order valence-corrected chi connectivity index (χ2v) is 4.60. The summed E-state index contributed by atoms with van der Waals surface area (Å²) in [6.07, 6.45) is -0.0678. The summed E-state index contributed by atoms with van der Waals surface area (Å²) < 4.78 is 39.6. The minimum absolute atomic E-state index is 0.00407. The van der Waals surface area contributed by atoms with Gasteiger partial charge in [-0.3, -0.25) is 0 Å². The summed E-state index contributed by atoms with van der Waals surface area (Å²) in [4.78, 5) is 12.0. The molecule has 6 heteroatoms. The summed E-state index contributed by atoms with van der Waals surface area (Å²) in [5.41, 5.74) is 0.270. The highest BCUT2D eigenvalue weighted by Gasteiger charge is 2.22. The third kappa shape index (κ3) is 2.70. The van der Waals surface area contributed by atoms with Crippen molar-refractivity contribution in [1.82, 2.24) is 4.57 Å². The van der Waals surface area contributed by atoms with Crippen LogP contribution in [-0.4, -0.2) is 23.9 Å². The summed E-state index contributed by atoms with van der Waals surface area (Å²) in [6.45, 7) is 5.56. The number of carbonyl (C=O) groups is 1. The number of hydrogen-bond donors (Lipinski definition) is 0. The van der Waals surface area contributed by atoms with Gasteiger partial charge < -0.3 is 9.47 Å². The highest BCUT2D eigenvalue weighted by atomic mass is 19.1. The average Bonchev–Trinajstić information content (AvgIpc) is 2.80. The molecule has 0 aliphatic rings. The summed E-state index contributed by atoms with van der Waals surface area (Å²) in [7, 11) is 0. The fourth-order valence-electron chi connectivity index (χ4n) is 2.17. The van der Waals surface area contributed by atoms with Gasteiger partial charge >= 0.3 is 6.09 Å². The van der Waals surface area contributed by atoms with Crippen LogP contribution in [0.4, 0.5) is 13.6 Å². The number of ether oxygens (including phenoxy) is 2. The minimum Gasteiger partial charge on any atom is -0.491 e. The van der Waals surface area contributed by atoms with Gasteiger partial charge in [0, 0.05) is 17.1 Å². The van der Waals surface area contributed by atoms with Gasteiger partial charge in [0.1, 0.15) is 0 Å². The third-order valence-corrected chi connectivity index (χ3v) is 3.03. The molecule has 0 aliphatic carbocycles. The molecule has 2 rings (SSSR count). The first-order valence-corrected chi connectivity index (χ1v) is 6.81. The van der Waals surface area contributed by atoms with Crippen LogP contribution in [-0.2, 0) is 4.74 Å². The van der Waals surface area contributed by atoms with Crippen molar-refractivity contribution in [2.45, 2.75) is 27.2 Å². The molecule has 0 N–H and O–H groups in total. The molecule has 0 unspecified atom stereocenters. The average molecular weight is 297 g/mol. The van der Waals surface area contributed by atoms with Crippen molar-refractivity contribution in [2.24, 2.45) is 0 Å². The fraction of sp³-hybridized carbons (Fsp3) is 0.400. The quantitative estimate of drug-likeness (QED) is 0.855. The molecule has 0 fully saturated rings. The second kappa shape index (κ2) is 6.11. The molecule has 1 aromatic carbocycles. The predicted octanol–water partition coefficient (Wildman–Crippen LogP) is 4.02. The molecule has 0 bridgehead atoms. The van der Waals surface area contributed by atoms with E-state index in [-0.39, 0.29) is 29.9 Å². The molecule has 0 spiro atoms. The van der Waals surface area contributed by atoms with Crippen LogP contribution < -0.4 is 4.74 Å². The maximum Gasteiger partial charge on any atom is 0.418 e. The van der Waals surface area contributed by atoms with Crippen LogP contribution in [0, 0.1) is 18.6 Å². The highest BCUT2D eigenvalue weighted by Crippen LogP contribution is 2.31. The number of hydrogen-bond acceptors (Lipinski definition) is 3. The minimum atomic E-state index is -0.726. The van der Waals surface area contributed by atoms with E-state index in [1.807, 2.05) is 6.92 Å². The Morgan fingerprint density at radius 2 is 2.00 bits per heavy atom. The molecule has 0 radical (unpaired) electrons. The van der Waals surface area contributed by atoms with Gasteiger partial charge in [0.2, 0.25) is 0 Å². The first-order chi connectivity index (χ1) is 10.0. The van der Waals surface area contributed by atoms with E-state index in [1.165, 1.54) is 6.07 Å². The SMILES string of the molecule is CCCOC(=O)n1c(C)cc2c(F)c(OCC)cc(F)c21. The first kappa shape index (κ1) is 15.3. The van der Waals surface area contributed by atoms with E-state index < -0.39 is 17.7 Å². The van der Waals surface area contributed by atoms with Gasteiger partial charge in [-0.15, -0.1) is 0 Å². The van der Waals surface area contributed by atoms with Crippen molar-refractivity contribution in [1.29, 1.82) is 0 Å². The monoisotopic (exact) mass is 297 g/mol. The molecule has 0 atom stereocenters. The van der Waals surface area contributed by atoms with Crippen LogP contribution in [0.2, 0.25) is 0 Å². The summed E-state index contributed by atoms with van der Waals surface area (Å²) in [6, 6.07) is 2.35. The number of halogens is 2. The lowest BCUT2D eigenvalue weighted by molar-refractivity contribution is 0.148. The van der Waals surface area contributed by atoms with Crippen molar-refractivity contribution < 1.29 is 23.0 Å². The lowest BCUT2D eigenvalue weighted by Crippen LogP contribution is -2.16. The number of aromatic nitrogens is 1. The molecule has 0 saturated heterocycles. The molecule has 0 saturated carbocycles. The molecule has 4 nitrogen and oxygen atoms in total. The Kier molecular flexibility index (Phi) is 4.45. The van der Waals surface area contributed by atoms with Crippen LogP contribution in [0.15, 0.2) is 12.1 Å². The Morgan fingerprint density at radius 1 is 1.29 bits per heavy atom. The van der Waals surface area contributed by atoms with E-state index in [0.717, 1.165) is 10.6 Å². The molecule has 2 aromatic rings. The van der Waals surface area contributed by atoms with Crippen molar-refractivity contribution in [2.75, 3.05) is 13.2 Å². The molecule has 0 aliphatic heterocycles. The Labute approximate surface area is 121 Å². The molecule has 1 heterocycles. The van der Waals surface area contributed by atoms with Gasteiger partial charge in [-0.1, -0.05) is 6.92 Å². The molecule has 21 heavy (non-hydrogen) atoms. The number of aryl methyl sites for hydroxylation is 1. The van der Waals surface area contributed by atoms with E-state index in [0.29, 0.717) is 12.1 Å².